The van der Waals surface area contributed by atoms with E-state index >= 15 is 0 Å². The van der Waals surface area contributed by atoms with Crippen LogP contribution in [-0.2, 0) is 70.4 Å². The summed E-state index contributed by atoms with van der Waals surface area (Å²) in [6.45, 7) is 0.641. The highest BCUT2D eigenvalue weighted by atomic mass is 33.1. The largest absolute Gasteiger partial charge is 0.508 e. The number of aliphatic imine (C=N–C) groups is 1. The highest BCUT2D eigenvalue weighted by Crippen LogP contribution is 2.26. The van der Waals surface area contributed by atoms with E-state index in [4.69, 9.17) is 44.3 Å². The van der Waals surface area contributed by atoms with Crippen LogP contribution in [0.25, 0.3) is 0 Å². The minimum absolute atomic E-state index is 0.00106. The van der Waals surface area contributed by atoms with Crippen molar-refractivity contribution < 1.29 is 67.7 Å². The summed E-state index contributed by atoms with van der Waals surface area (Å²) in [5.74, 6) is -11.4. The smallest absolute Gasteiger partial charge is 0.300 e. The molecular weight excluding hydrogens is 1070 g/mol. The number of phenolic OH excluding ortho intramolecular Hbond substituents is 1. The van der Waals surface area contributed by atoms with Gasteiger partial charge in [-0.25, -0.2) is 0 Å². The van der Waals surface area contributed by atoms with Gasteiger partial charge in [-0.2, -0.15) is 0 Å². The lowest BCUT2D eigenvalue weighted by molar-refractivity contribution is -0.142. The summed E-state index contributed by atoms with van der Waals surface area (Å²) >= 11 is 0. The first-order chi connectivity index (χ1) is 37.3. The molecule has 11 amide bonds. The third-order valence-corrected chi connectivity index (χ3v) is 14.1. The molecule has 0 bridgehead atoms. The van der Waals surface area contributed by atoms with Crippen molar-refractivity contribution >= 4 is 98.5 Å². The third kappa shape index (κ3) is 23.9. The number of primary amides is 3. The predicted molar refractivity (Wildman–Crippen MR) is 289 cm³/mol. The normalized spacial score (nSPS) is 21.8. The number of carbonyl (C=O) groups excluding carboxylic acids is 11. The maximum Gasteiger partial charge on any atom is 0.300 e. The van der Waals surface area contributed by atoms with E-state index in [1.54, 1.807) is 30.3 Å². The van der Waals surface area contributed by atoms with E-state index in [2.05, 4.69) is 42.2 Å². The molecule has 432 valence electrons. The molecule has 0 saturated carbocycles. The molecule has 2 aromatic rings. The average Bonchev–Trinajstić information content (AvgIpc) is 3.92. The van der Waals surface area contributed by atoms with Crippen LogP contribution in [0.2, 0.25) is 0 Å². The van der Waals surface area contributed by atoms with Crippen LogP contribution >= 0.6 is 21.6 Å². The van der Waals surface area contributed by atoms with Crippen molar-refractivity contribution in [2.75, 3.05) is 31.1 Å². The Labute approximate surface area is 461 Å². The number of aliphatic carboxylic acids is 1. The lowest BCUT2D eigenvalue weighted by Gasteiger charge is -2.31. The third-order valence-electron chi connectivity index (χ3n) is 11.6. The molecular formula is C48H69N15O14S2. The van der Waals surface area contributed by atoms with Crippen molar-refractivity contribution in [2.45, 2.75) is 113 Å². The van der Waals surface area contributed by atoms with Gasteiger partial charge in [0.2, 0.25) is 65.0 Å². The fraction of sp³-hybridized carbons (Fsp3) is 0.479. The Balaban J connectivity index is 0.00000396. The molecule has 79 heavy (non-hydrogen) atoms. The highest BCUT2D eigenvalue weighted by molar-refractivity contribution is 8.76. The minimum Gasteiger partial charge on any atom is -0.508 e. The summed E-state index contributed by atoms with van der Waals surface area (Å²) in [5.41, 5.74) is 34.4. The van der Waals surface area contributed by atoms with Gasteiger partial charge >= 0.3 is 0 Å². The minimum atomic E-state index is -1.80. The van der Waals surface area contributed by atoms with E-state index in [-0.39, 0.29) is 68.4 Å². The van der Waals surface area contributed by atoms with Crippen LogP contribution in [0.15, 0.2) is 59.6 Å². The standard InChI is InChI=1S/C46H65N15O12S2.C2H4O2/c47-27-22-74-75-23-33(45(73)61-17-5-9-34(61)44(72)56-28(8-4-16-53-46(51)52)39(67)54-21-37(50)65)60-43(71)32(20-36(49)64)59-40(68)29(14-15-35(48)63)55-41(69)31(18-24-6-2-1-3-7-24)58-42(70)30(57-38(27)66)19-25-10-12-26(62)13-11-25;1-2(3)4/h1-3,6-7,10-13,27-34,62H,4-5,8-9,14-23,47H2,(H2,48,63)(H2,49,64)(H2,50,65)(H,54,67)(H,55,69)(H,56,72)(H,57,66)(H,58,70)(H,59,68)(H,60,71)(H4,51,52,53);1H3,(H,3,4)/t27-,28+,29-,30-,31-,32-,33-,34-;/m0./s1. The van der Waals surface area contributed by atoms with Gasteiger partial charge in [0, 0.05) is 50.8 Å². The fourth-order valence-corrected chi connectivity index (χ4v) is 10.1. The van der Waals surface area contributed by atoms with Crippen LogP contribution < -0.4 is 71.6 Å². The van der Waals surface area contributed by atoms with Gasteiger partial charge in [0.05, 0.1) is 19.0 Å². The number of nitrogens with two attached hydrogens (primary N) is 6. The van der Waals surface area contributed by atoms with E-state index in [0.717, 1.165) is 28.5 Å². The van der Waals surface area contributed by atoms with E-state index in [1.807, 2.05) is 0 Å². The molecule has 2 aliphatic rings. The Bertz CT molecular complexity index is 2520. The molecule has 0 unspecified atom stereocenters. The Hall–Kier alpha value is -8.19. The van der Waals surface area contributed by atoms with Crippen molar-refractivity contribution in [3.05, 3.63) is 65.7 Å². The Morgan fingerprint density at radius 3 is 1.85 bits per heavy atom. The zero-order valence-corrected chi connectivity index (χ0v) is 44.8. The number of rotatable bonds is 19. The van der Waals surface area contributed by atoms with Gasteiger partial charge in [0.25, 0.3) is 5.97 Å². The SMILES string of the molecule is CC(=O)O.NC(=O)CC[C@@H]1NC(=O)[C@H](Cc2ccccc2)NC(=O)[C@H](Cc2ccc(O)cc2)NC(=O)[C@@H](N)CSSC[C@@H](C(=O)N2CCC[C@H]2C(=O)N[C@H](CCCN=C(N)N)C(=O)NCC(N)=O)NC(=O)[C@H](CC(N)=O)NC1=O. The summed E-state index contributed by atoms with van der Waals surface area (Å²) in [6.07, 6.45) is -1.38. The molecule has 29 nitrogen and oxygen atoms in total. The number of carboxylic acids is 1. The number of likely N-dealkylation sites (tertiary alicyclic amines) is 1. The van der Waals surface area contributed by atoms with Crippen molar-refractivity contribution in [3.8, 4) is 5.75 Å². The Morgan fingerprint density at radius 1 is 0.722 bits per heavy atom. The maximum atomic E-state index is 14.6. The number of benzene rings is 2. The molecule has 2 saturated heterocycles. The number of nitrogens with one attached hydrogen (secondary N) is 7. The van der Waals surface area contributed by atoms with E-state index in [0.29, 0.717) is 17.5 Å². The molecule has 2 aliphatic heterocycles. The van der Waals surface area contributed by atoms with Crippen molar-refractivity contribution in [3.63, 3.8) is 0 Å². The summed E-state index contributed by atoms with van der Waals surface area (Å²) in [7, 11) is 1.99. The van der Waals surface area contributed by atoms with E-state index in [9.17, 15) is 57.8 Å². The zero-order chi connectivity index (χ0) is 58.8. The molecule has 21 N–H and O–H groups in total. The summed E-state index contributed by atoms with van der Waals surface area (Å²) in [4.78, 5) is 162. The number of nitrogens with zero attached hydrogens (tertiary/aromatic N) is 2. The quantitative estimate of drug-likeness (QED) is 0.0270. The topological polar surface area (TPSA) is 501 Å². The van der Waals surface area contributed by atoms with Gasteiger partial charge in [-0.1, -0.05) is 64.1 Å². The molecule has 31 heteroatoms. The van der Waals surface area contributed by atoms with Crippen LogP contribution in [0.5, 0.6) is 5.75 Å². The second-order valence-electron chi connectivity index (χ2n) is 18.1. The lowest BCUT2D eigenvalue weighted by atomic mass is 10.0. The van der Waals surface area contributed by atoms with Gasteiger partial charge in [-0.15, -0.1) is 0 Å². The van der Waals surface area contributed by atoms with Crippen LogP contribution in [0, 0.1) is 0 Å². The summed E-state index contributed by atoms with van der Waals surface area (Å²) < 4.78 is 0. The van der Waals surface area contributed by atoms with Crippen LogP contribution in [0.1, 0.15) is 63.0 Å². The Kier molecular flexibility index (Phi) is 27.3. The number of carboxylic acid groups (broad SMARTS) is 1. The number of guanidine groups is 1. The molecule has 0 spiro atoms. The van der Waals surface area contributed by atoms with E-state index < -0.39 is 145 Å². The first-order valence-electron chi connectivity index (χ1n) is 24.7. The van der Waals surface area contributed by atoms with Crippen LogP contribution in [0.4, 0.5) is 0 Å². The Morgan fingerprint density at radius 2 is 1.27 bits per heavy atom. The highest BCUT2D eigenvalue weighted by Gasteiger charge is 2.40. The number of amides is 11. The zero-order valence-electron chi connectivity index (χ0n) is 43.2. The van der Waals surface area contributed by atoms with E-state index in [1.165, 1.54) is 29.2 Å². The molecule has 2 fully saturated rings. The number of aromatic hydroxyl groups is 1. The van der Waals surface area contributed by atoms with Gasteiger partial charge < -0.3 is 86.7 Å². The summed E-state index contributed by atoms with van der Waals surface area (Å²) in [6, 6.07) is 2.80. The number of hydrogen-bond donors (Lipinski definition) is 15. The van der Waals surface area contributed by atoms with Crippen LogP contribution in [-0.4, -0.2) is 171 Å². The molecule has 0 aliphatic carbocycles. The molecule has 0 aromatic heterocycles. The second kappa shape index (κ2) is 33.2. The first-order valence-corrected chi connectivity index (χ1v) is 27.2. The van der Waals surface area contributed by atoms with Crippen molar-refractivity contribution in [1.82, 2.24) is 42.1 Å². The fourth-order valence-electron chi connectivity index (χ4n) is 7.80. The van der Waals surface area contributed by atoms with Crippen molar-refractivity contribution in [1.29, 1.82) is 0 Å². The average molecular weight is 1140 g/mol. The number of hydrogen-bond acceptors (Lipinski definition) is 17. The number of phenols is 1. The number of carbonyl (C=O) groups is 12. The molecule has 2 aromatic carbocycles. The second-order valence-corrected chi connectivity index (χ2v) is 20.7. The molecule has 8 atom stereocenters. The van der Waals surface area contributed by atoms with Gasteiger partial charge in [0.1, 0.15) is 48.0 Å². The van der Waals surface area contributed by atoms with Crippen molar-refractivity contribution in [2.24, 2.45) is 39.4 Å². The lowest BCUT2D eigenvalue weighted by Crippen LogP contribution is -2.61. The summed E-state index contributed by atoms with van der Waals surface area (Å²) in [5, 5.41) is 35.1. The predicted octanol–water partition coefficient (Wildman–Crippen LogP) is -5.31. The molecule has 0 radical (unpaired) electrons. The first kappa shape index (κ1) is 65.1. The monoisotopic (exact) mass is 1140 g/mol. The van der Waals surface area contributed by atoms with Crippen LogP contribution in [0.3, 0.4) is 0 Å². The van der Waals surface area contributed by atoms with Gasteiger partial charge in [0.15, 0.2) is 5.96 Å². The van der Waals surface area contributed by atoms with Gasteiger partial charge in [-0.3, -0.25) is 62.5 Å². The maximum absolute atomic E-state index is 14.6. The molecule has 4 rings (SSSR count). The van der Waals surface area contributed by atoms with Gasteiger partial charge in [-0.05, 0) is 55.4 Å². The molecule has 2 heterocycles.